The number of hydrogen-bond acceptors (Lipinski definition) is 6. The second-order valence-electron chi connectivity index (χ2n) is 8.34. The Hall–Kier alpha value is -4.47. The number of benzene rings is 2. The lowest BCUT2D eigenvalue weighted by Crippen LogP contribution is -2.38. The second kappa shape index (κ2) is 9.05. The van der Waals surface area contributed by atoms with Crippen LogP contribution in [0.3, 0.4) is 0 Å². The third kappa shape index (κ3) is 4.25. The molecule has 1 aliphatic heterocycles. The van der Waals surface area contributed by atoms with Crippen LogP contribution in [-0.4, -0.2) is 43.9 Å². The first kappa shape index (κ1) is 22.3. The van der Waals surface area contributed by atoms with E-state index in [1.165, 1.54) is 18.2 Å². The smallest absolute Gasteiger partial charge is 0.275 e. The topological polar surface area (TPSA) is 119 Å². The number of aromatic nitrogens is 4. The van der Waals surface area contributed by atoms with Gasteiger partial charge in [0.05, 0.1) is 16.8 Å². The van der Waals surface area contributed by atoms with Gasteiger partial charge in [-0.15, -0.1) is 0 Å². The molecule has 3 heterocycles. The Morgan fingerprint density at radius 3 is 2.77 bits per heavy atom. The lowest BCUT2D eigenvalue weighted by atomic mass is 9.93. The molecule has 1 unspecified atom stereocenters. The summed E-state index contributed by atoms with van der Waals surface area (Å²) in [4.78, 5) is 26.7. The molecule has 1 saturated heterocycles. The van der Waals surface area contributed by atoms with Crippen LogP contribution >= 0.6 is 0 Å². The molecule has 1 amide bonds. The summed E-state index contributed by atoms with van der Waals surface area (Å²) < 4.78 is 20.8. The Kier molecular flexibility index (Phi) is 5.77. The molecule has 9 nitrogen and oxygen atoms in total. The molecular formula is C25H23FN6O3. The maximum Gasteiger partial charge on any atom is 0.275 e. The number of nitrogens with two attached hydrogens (primary N) is 1. The Morgan fingerprint density at radius 2 is 2.03 bits per heavy atom. The highest BCUT2D eigenvalue weighted by Gasteiger charge is 2.30. The highest BCUT2D eigenvalue weighted by Crippen LogP contribution is 2.33. The molecule has 0 saturated carbocycles. The first-order valence-corrected chi connectivity index (χ1v) is 11.2. The zero-order valence-corrected chi connectivity index (χ0v) is 18.8. The van der Waals surface area contributed by atoms with Gasteiger partial charge in [-0.3, -0.25) is 9.59 Å². The van der Waals surface area contributed by atoms with Crippen molar-refractivity contribution in [2.24, 2.45) is 0 Å². The fourth-order valence-electron chi connectivity index (χ4n) is 4.44. The largest absolute Gasteiger partial charge is 0.457 e. The number of piperidine rings is 1. The van der Waals surface area contributed by atoms with Crippen LogP contribution in [0.1, 0.15) is 24.5 Å². The number of fused-ring (bicyclic) bond motifs is 1. The summed E-state index contributed by atoms with van der Waals surface area (Å²) in [7, 11) is 0. The van der Waals surface area contributed by atoms with Gasteiger partial charge in [-0.1, -0.05) is 12.6 Å². The molecule has 0 aliphatic carbocycles. The van der Waals surface area contributed by atoms with E-state index in [0.29, 0.717) is 46.9 Å². The summed E-state index contributed by atoms with van der Waals surface area (Å²) >= 11 is 0. The summed E-state index contributed by atoms with van der Waals surface area (Å²) in [5.41, 5.74) is 7.38. The van der Waals surface area contributed by atoms with Crippen LogP contribution in [0.15, 0.2) is 66.0 Å². The number of nitrogen functional groups attached to an aromatic ring is 1. The minimum absolute atomic E-state index is 0.133. The van der Waals surface area contributed by atoms with Crippen LogP contribution in [0.4, 0.5) is 10.2 Å². The number of carbonyl (C=O) groups excluding carboxylic acids is 1. The summed E-state index contributed by atoms with van der Waals surface area (Å²) in [6.45, 7) is 4.63. The van der Waals surface area contributed by atoms with E-state index in [1.54, 1.807) is 46.0 Å². The number of hydrogen-bond donors (Lipinski definition) is 2. The quantitative estimate of drug-likeness (QED) is 0.427. The standard InChI is InChI=1S/C25H23FN6O3/c1-2-20(33)31-12-4-5-15(14-31)22-21-23(24(27)28-29-25(21)34)32(30-22)17-8-10-18(11-9-17)35-19-7-3-6-16(26)13-19/h2-3,6-11,13,15H,1,4-5,12,14H2,(H2,27,28)(H,29,34). The van der Waals surface area contributed by atoms with Gasteiger partial charge in [0.1, 0.15) is 22.8 Å². The molecule has 2 aromatic carbocycles. The minimum Gasteiger partial charge on any atom is -0.457 e. The van der Waals surface area contributed by atoms with Crippen molar-refractivity contribution >= 4 is 22.6 Å². The number of nitrogens with zero attached hydrogens (tertiary/aromatic N) is 4. The Bertz CT molecular complexity index is 1480. The number of anilines is 1. The van der Waals surface area contributed by atoms with Crippen LogP contribution in [-0.2, 0) is 4.79 Å². The molecule has 2 aromatic heterocycles. The molecule has 1 fully saturated rings. The molecule has 0 spiro atoms. The number of amides is 1. The Morgan fingerprint density at radius 1 is 1.23 bits per heavy atom. The SMILES string of the molecule is C=CC(=O)N1CCCC(c2nn(-c3ccc(Oc4cccc(F)c4)cc3)c3c(N)n[nH]c(=O)c23)C1. The van der Waals surface area contributed by atoms with Gasteiger partial charge in [0, 0.05) is 25.1 Å². The number of H-pyrrole nitrogens is 1. The zero-order valence-electron chi connectivity index (χ0n) is 18.8. The van der Waals surface area contributed by atoms with E-state index < -0.39 is 5.56 Å². The van der Waals surface area contributed by atoms with Crippen molar-refractivity contribution in [3.8, 4) is 17.2 Å². The third-order valence-electron chi connectivity index (χ3n) is 6.07. The maximum absolute atomic E-state index is 13.5. The van der Waals surface area contributed by atoms with Gasteiger partial charge in [0.15, 0.2) is 5.82 Å². The molecule has 1 atom stereocenters. The molecule has 10 heteroatoms. The fourth-order valence-corrected chi connectivity index (χ4v) is 4.44. The van der Waals surface area contributed by atoms with E-state index in [1.807, 2.05) is 0 Å². The zero-order chi connectivity index (χ0) is 24.5. The first-order chi connectivity index (χ1) is 16.9. The van der Waals surface area contributed by atoms with Crippen molar-refractivity contribution in [1.82, 2.24) is 24.9 Å². The monoisotopic (exact) mass is 474 g/mol. The predicted octanol–water partition coefficient (Wildman–Crippen LogP) is 3.51. The summed E-state index contributed by atoms with van der Waals surface area (Å²) in [5.74, 6) is 0.329. The van der Waals surface area contributed by atoms with Gasteiger partial charge >= 0.3 is 0 Å². The lowest BCUT2D eigenvalue weighted by molar-refractivity contribution is -0.127. The molecule has 0 radical (unpaired) electrons. The van der Waals surface area contributed by atoms with Crippen LogP contribution in [0, 0.1) is 5.82 Å². The van der Waals surface area contributed by atoms with E-state index >= 15 is 0 Å². The average Bonchev–Trinajstić information content (AvgIpc) is 3.28. The summed E-state index contributed by atoms with van der Waals surface area (Å²) in [6.07, 6.45) is 2.85. The lowest BCUT2D eigenvalue weighted by Gasteiger charge is -2.31. The normalized spacial score (nSPS) is 15.8. The van der Waals surface area contributed by atoms with Gasteiger partial charge in [-0.05, 0) is 55.3 Å². The van der Waals surface area contributed by atoms with Crippen LogP contribution < -0.4 is 16.0 Å². The van der Waals surface area contributed by atoms with E-state index in [9.17, 15) is 14.0 Å². The summed E-state index contributed by atoms with van der Waals surface area (Å²) in [5, 5.41) is 11.5. The van der Waals surface area contributed by atoms with Crippen molar-refractivity contribution < 1.29 is 13.9 Å². The second-order valence-corrected chi connectivity index (χ2v) is 8.34. The first-order valence-electron chi connectivity index (χ1n) is 11.2. The molecule has 0 bridgehead atoms. The molecule has 3 N–H and O–H groups in total. The number of halogens is 1. The number of rotatable bonds is 5. The Balaban J connectivity index is 1.53. The maximum atomic E-state index is 13.5. The number of carbonyl (C=O) groups is 1. The van der Waals surface area contributed by atoms with Crippen molar-refractivity contribution in [2.45, 2.75) is 18.8 Å². The average molecular weight is 474 g/mol. The molecule has 178 valence electrons. The van der Waals surface area contributed by atoms with Gasteiger partial charge in [0.25, 0.3) is 5.56 Å². The predicted molar refractivity (Wildman–Crippen MR) is 129 cm³/mol. The van der Waals surface area contributed by atoms with Gasteiger partial charge in [-0.25, -0.2) is 14.2 Å². The molecule has 5 rings (SSSR count). The molecular weight excluding hydrogens is 451 g/mol. The fraction of sp³-hybridized carbons (Fsp3) is 0.200. The van der Waals surface area contributed by atoms with E-state index in [2.05, 4.69) is 16.8 Å². The van der Waals surface area contributed by atoms with Gasteiger partial charge in [0.2, 0.25) is 5.91 Å². The number of likely N-dealkylation sites (tertiary alicyclic amines) is 1. The van der Waals surface area contributed by atoms with Gasteiger partial charge < -0.3 is 15.4 Å². The highest BCUT2D eigenvalue weighted by molar-refractivity contribution is 5.91. The molecule has 4 aromatic rings. The van der Waals surface area contributed by atoms with E-state index in [-0.39, 0.29) is 23.5 Å². The van der Waals surface area contributed by atoms with E-state index in [0.717, 1.165) is 12.8 Å². The number of ether oxygens (including phenoxy) is 1. The highest BCUT2D eigenvalue weighted by atomic mass is 19.1. The van der Waals surface area contributed by atoms with E-state index in [4.69, 9.17) is 15.6 Å². The number of aromatic amines is 1. The van der Waals surface area contributed by atoms with Crippen LogP contribution in [0.2, 0.25) is 0 Å². The molecule has 35 heavy (non-hydrogen) atoms. The van der Waals surface area contributed by atoms with Crippen LogP contribution in [0.5, 0.6) is 11.5 Å². The van der Waals surface area contributed by atoms with Crippen LogP contribution in [0.25, 0.3) is 16.6 Å². The third-order valence-corrected chi connectivity index (χ3v) is 6.07. The summed E-state index contributed by atoms with van der Waals surface area (Å²) in [6, 6.07) is 12.8. The molecule has 1 aliphatic rings. The van der Waals surface area contributed by atoms with Crippen molar-refractivity contribution in [2.75, 3.05) is 18.8 Å². The van der Waals surface area contributed by atoms with Crippen molar-refractivity contribution in [3.05, 3.63) is 83.1 Å². The van der Waals surface area contributed by atoms with Gasteiger partial charge in [-0.2, -0.15) is 10.2 Å². The van der Waals surface area contributed by atoms with Crippen molar-refractivity contribution in [1.29, 1.82) is 0 Å². The minimum atomic E-state index is -0.395. The Labute approximate surface area is 199 Å². The number of nitrogens with one attached hydrogen (secondary N) is 1. The van der Waals surface area contributed by atoms with Crippen molar-refractivity contribution in [3.63, 3.8) is 0 Å².